The van der Waals surface area contributed by atoms with E-state index in [9.17, 15) is 0 Å². The monoisotopic (exact) mass is 281 g/mol. The number of nitrogens with one attached hydrogen (secondary N) is 1. The average molecular weight is 281 g/mol. The van der Waals surface area contributed by atoms with Gasteiger partial charge in [-0.25, -0.2) is 0 Å². The molecule has 0 aromatic heterocycles. The summed E-state index contributed by atoms with van der Waals surface area (Å²) in [5.74, 6) is 0. The van der Waals surface area contributed by atoms with Gasteiger partial charge in [-0.15, -0.1) is 0 Å². The molecule has 2 aliphatic rings. The molecule has 0 spiro atoms. The quantitative estimate of drug-likeness (QED) is 0.835. The van der Waals surface area contributed by atoms with E-state index in [0.717, 1.165) is 6.04 Å². The summed E-state index contributed by atoms with van der Waals surface area (Å²) in [4.78, 5) is 5.12. The zero-order chi connectivity index (χ0) is 14.4. The molecule has 0 amide bonds. The fourth-order valence-electron chi connectivity index (χ4n) is 3.63. The van der Waals surface area contributed by atoms with Crippen LogP contribution in [0.5, 0.6) is 0 Å². The maximum atomic E-state index is 3.90. The lowest BCUT2D eigenvalue weighted by Crippen LogP contribution is -2.44. The number of hydrogen-bond acceptors (Lipinski definition) is 3. The van der Waals surface area contributed by atoms with Gasteiger partial charge in [-0.1, -0.05) is 13.8 Å². The van der Waals surface area contributed by atoms with Crippen LogP contribution >= 0.6 is 0 Å². The number of likely N-dealkylation sites (tertiary alicyclic amines) is 2. The lowest BCUT2D eigenvalue weighted by atomic mass is 9.80. The molecule has 2 rings (SSSR count). The standard InChI is InChI=1S/C17H35N3/c1-4-10-20-11-5-6-16(7-12-20)18-15-17(2)8-13-19(3)14-9-17/h16,18H,4-15H2,1-3H3. The summed E-state index contributed by atoms with van der Waals surface area (Å²) >= 11 is 0. The van der Waals surface area contributed by atoms with Crippen molar-refractivity contribution in [3.63, 3.8) is 0 Å². The molecule has 3 heteroatoms. The molecule has 0 aliphatic carbocycles. The Bertz CT molecular complexity index is 271. The third kappa shape index (κ3) is 5.01. The van der Waals surface area contributed by atoms with E-state index in [1.807, 2.05) is 0 Å². The van der Waals surface area contributed by atoms with Gasteiger partial charge < -0.3 is 15.1 Å². The van der Waals surface area contributed by atoms with E-state index in [-0.39, 0.29) is 0 Å². The Kier molecular flexibility index (Phi) is 6.31. The lowest BCUT2D eigenvalue weighted by Gasteiger charge is -2.39. The molecular formula is C17H35N3. The smallest absolute Gasteiger partial charge is 0.00799 e. The van der Waals surface area contributed by atoms with Crippen molar-refractivity contribution in [2.45, 2.75) is 58.4 Å². The van der Waals surface area contributed by atoms with Crippen LogP contribution < -0.4 is 5.32 Å². The molecule has 3 nitrogen and oxygen atoms in total. The summed E-state index contributed by atoms with van der Waals surface area (Å²) in [6.07, 6.45) is 8.09. The number of rotatable bonds is 5. The highest BCUT2D eigenvalue weighted by Crippen LogP contribution is 2.29. The van der Waals surface area contributed by atoms with E-state index in [4.69, 9.17) is 0 Å². The fourth-order valence-corrected chi connectivity index (χ4v) is 3.63. The predicted octanol–water partition coefficient (Wildman–Crippen LogP) is 2.57. The third-order valence-corrected chi connectivity index (χ3v) is 5.37. The van der Waals surface area contributed by atoms with Gasteiger partial charge in [0.05, 0.1) is 0 Å². The van der Waals surface area contributed by atoms with E-state index >= 15 is 0 Å². The second-order valence-corrected chi connectivity index (χ2v) is 7.46. The molecule has 118 valence electrons. The van der Waals surface area contributed by atoms with E-state index in [2.05, 4.69) is 36.0 Å². The van der Waals surface area contributed by atoms with Crippen LogP contribution in [0.3, 0.4) is 0 Å². The van der Waals surface area contributed by atoms with E-state index in [1.54, 1.807) is 0 Å². The van der Waals surface area contributed by atoms with Crippen molar-refractivity contribution in [1.82, 2.24) is 15.1 Å². The minimum atomic E-state index is 0.530. The first kappa shape index (κ1) is 16.3. The molecule has 2 saturated heterocycles. The minimum Gasteiger partial charge on any atom is -0.313 e. The average Bonchev–Trinajstić information content (AvgIpc) is 2.67. The van der Waals surface area contributed by atoms with Crippen molar-refractivity contribution < 1.29 is 0 Å². The first-order valence-corrected chi connectivity index (χ1v) is 8.75. The maximum Gasteiger partial charge on any atom is 0.00799 e. The molecule has 1 atom stereocenters. The lowest BCUT2D eigenvalue weighted by molar-refractivity contribution is 0.132. The molecule has 0 aromatic rings. The van der Waals surface area contributed by atoms with Gasteiger partial charge in [-0.3, -0.25) is 0 Å². The van der Waals surface area contributed by atoms with Gasteiger partial charge in [-0.05, 0) is 83.7 Å². The van der Waals surface area contributed by atoms with E-state index in [0.29, 0.717) is 5.41 Å². The maximum absolute atomic E-state index is 3.90. The van der Waals surface area contributed by atoms with Crippen molar-refractivity contribution in [2.24, 2.45) is 5.41 Å². The molecule has 2 fully saturated rings. The SMILES string of the molecule is CCCN1CCCC(NCC2(C)CCN(C)CC2)CC1. The zero-order valence-electron chi connectivity index (χ0n) is 14.0. The molecule has 0 bridgehead atoms. The predicted molar refractivity (Wildman–Crippen MR) is 87.2 cm³/mol. The molecule has 1 N–H and O–H groups in total. The summed E-state index contributed by atoms with van der Waals surface area (Å²) in [5.41, 5.74) is 0.530. The van der Waals surface area contributed by atoms with Crippen molar-refractivity contribution in [3.8, 4) is 0 Å². The molecule has 20 heavy (non-hydrogen) atoms. The van der Waals surface area contributed by atoms with Crippen LogP contribution in [0.2, 0.25) is 0 Å². The van der Waals surface area contributed by atoms with Gasteiger partial charge in [-0.2, -0.15) is 0 Å². The number of piperidine rings is 1. The second-order valence-electron chi connectivity index (χ2n) is 7.46. The van der Waals surface area contributed by atoms with Crippen LogP contribution in [0.4, 0.5) is 0 Å². The zero-order valence-corrected chi connectivity index (χ0v) is 14.0. The highest BCUT2D eigenvalue weighted by molar-refractivity contribution is 4.85. The van der Waals surface area contributed by atoms with Crippen LogP contribution in [0, 0.1) is 5.41 Å². The highest BCUT2D eigenvalue weighted by Gasteiger charge is 2.29. The molecule has 2 heterocycles. The Labute approximate surface area is 126 Å². The van der Waals surface area contributed by atoms with Crippen LogP contribution in [0.1, 0.15) is 52.4 Å². The second kappa shape index (κ2) is 7.77. The van der Waals surface area contributed by atoms with Gasteiger partial charge in [0.1, 0.15) is 0 Å². The fraction of sp³-hybridized carbons (Fsp3) is 1.00. The van der Waals surface area contributed by atoms with Crippen molar-refractivity contribution in [1.29, 1.82) is 0 Å². The summed E-state index contributed by atoms with van der Waals surface area (Å²) in [6, 6.07) is 0.758. The molecule has 0 radical (unpaired) electrons. The van der Waals surface area contributed by atoms with E-state index in [1.165, 1.54) is 77.8 Å². The Morgan fingerprint density at radius 2 is 1.85 bits per heavy atom. The summed E-state index contributed by atoms with van der Waals surface area (Å²) < 4.78 is 0. The molecule has 1 unspecified atom stereocenters. The first-order valence-electron chi connectivity index (χ1n) is 8.75. The van der Waals surface area contributed by atoms with Crippen LogP contribution in [0.15, 0.2) is 0 Å². The Hall–Kier alpha value is -0.120. The molecule has 0 aromatic carbocycles. The Morgan fingerprint density at radius 1 is 1.10 bits per heavy atom. The molecular weight excluding hydrogens is 246 g/mol. The van der Waals surface area contributed by atoms with Gasteiger partial charge >= 0.3 is 0 Å². The third-order valence-electron chi connectivity index (χ3n) is 5.37. The van der Waals surface area contributed by atoms with Crippen LogP contribution in [-0.2, 0) is 0 Å². The summed E-state index contributed by atoms with van der Waals surface area (Å²) in [6.45, 7) is 12.4. The Balaban J connectivity index is 1.71. The van der Waals surface area contributed by atoms with Gasteiger partial charge in [0.15, 0.2) is 0 Å². The van der Waals surface area contributed by atoms with Gasteiger partial charge in [0, 0.05) is 12.6 Å². The topological polar surface area (TPSA) is 18.5 Å². The van der Waals surface area contributed by atoms with Gasteiger partial charge in [0.25, 0.3) is 0 Å². The molecule has 2 aliphatic heterocycles. The highest BCUT2D eigenvalue weighted by atomic mass is 15.1. The minimum absolute atomic E-state index is 0.530. The van der Waals surface area contributed by atoms with Crippen molar-refractivity contribution in [2.75, 3.05) is 46.3 Å². The van der Waals surface area contributed by atoms with Crippen molar-refractivity contribution in [3.05, 3.63) is 0 Å². The molecule has 0 saturated carbocycles. The van der Waals surface area contributed by atoms with Crippen LogP contribution in [-0.4, -0.2) is 62.2 Å². The van der Waals surface area contributed by atoms with E-state index < -0.39 is 0 Å². The first-order chi connectivity index (χ1) is 9.61. The number of nitrogens with zero attached hydrogens (tertiary/aromatic N) is 2. The van der Waals surface area contributed by atoms with Crippen molar-refractivity contribution >= 4 is 0 Å². The normalized spacial score (nSPS) is 29.2. The van der Waals surface area contributed by atoms with Gasteiger partial charge in [0.2, 0.25) is 0 Å². The summed E-state index contributed by atoms with van der Waals surface area (Å²) in [7, 11) is 2.25. The summed E-state index contributed by atoms with van der Waals surface area (Å²) in [5, 5.41) is 3.90. The number of hydrogen-bond donors (Lipinski definition) is 1. The van der Waals surface area contributed by atoms with Crippen LogP contribution in [0.25, 0.3) is 0 Å². The Morgan fingerprint density at radius 3 is 2.55 bits per heavy atom. The largest absolute Gasteiger partial charge is 0.313 e.